The first-order valence-corrected chi connectivity index (χ1v) is 11.2. The number of amides is 1. The zero-order valence-corrected chi connectivity index (χ0v) is 19.1. The van der Waals surface area contributed by atoms with Crippen molar-refractivity contribution in [3.8, 4) is 11.5 Å². The molecule has 1 unspecified atom stereocenters. The van der Waals surface area contributed by atoms with Gasteiger partial charge in [-0.2, -0.15) is 4.98 Å². The van der Waals surface area contributed by atoms with Crippen molar-refractivity contribution in [3.05, 3.63) is 53.4 Å². The van der Waals surface area contributed by atoms with Gasteiger partial charge in [-0.25, -0.2) is 0 Å². The molecule has 0 aliphatic carbocycles. The van der Waals surface area contributed by atoms with Crippen molar-refractivity contribution < 1.29 is 14.1 Å². The molecule has 32 heavy (non-hydrogen) atoms. The molecule has 3 aromatic rings. The van der Waals surface area contributed by atoms with E-state index in [4.69, 9.17) is 9.26 Å². The predicted molar refractivity (Wildman–Crippen MR) is 120 cm³/mol. The second-order valence-electron chi connectivity index (χ2n) is 8.48. The normalized spacial score (nSPS) is 16.5. The van der Waals surface area contributed by atoms with Crippen LogP contribution >= 0.6 is 0 Å². The van der Waals surface area contributed by atoms with Crippen molar-refractivity contribution in [3.63, 3.8) is 0 Å². The summed E-state index contributed by atoms with van der Waals surface area (Å²) in [6.07, 6.45) is 7.24. The summed E-state index contributed by atoms with van der Waals surface area (Å²) in [5.74, 6) is 1.80. The minimum absolute atomic E-state index is 0.131. The molecule has 0 spiro atoms. The zero-order chi connectivity index (χ0) is 22.5. The second-order valence-corrected chi connectivity index (χ2v) is 8.48. The number of aryl methyl sites for hydroxylation is 2. The minimum atomic E-state index is 0.131. The Morgan fingerprint density at radius 1 is 1.28 bits per heavy atom. The third-order valence-corrected chi connectivity index (χ3v) is 6.30. The SMILES string of the molecule is COCCn1c(C)cc(C(=O)N2CCCC(CCc3noc(-c4ccncc4)n3)C2)c1C. The number of likely N-dealkylation sites (tertiary alicyclic amines) is 1. The van der Waals surface area contributed by atoms with Gasteiger partial charge in [0.05, 0.1) is 12.2 Å². The summed E-state index contributed by atoms with van der Waals surface area (Å²) in [6, 6.07) is 5.72. The lowest BCUT2D eigenvalue weighted by Gasteiger charge is -2.32. The Hall–Kier alpha value is -3.00. The molecule has 8 nitrogen and oxygen atoms in total. The summed E-state index contributed by atoms with van der Waals surface area (Å²) in [5, 5.41) is 4.13. The number of carbonyl (C=O) groups is 1. The van der Waals surface area contributed by atoms with Crippen molar-refractivity contribution in [2.45, 2.75) is 46.1 Å². The molecule has 1 aliphatic heterocycles. The number of hydrogen-bond donors (Lipinski definition) is 0. The van der Waals surface area contributed by atoms with E-state index in [9.17, 15) is 4.79 Å². The first-order valence-electron chi connectivity index (χ1n) is 11.2. The molecule has 1 amide bonds. The second kappa shape index (κ2) is 10.1. The van der Waals surface area contributed by atoms with Gasteiger partial charge in [-0.1, -0.05) is 5.16 Å². The number of pyridine rings is 1. The number of methoxy groups -OCH3 is 1. The third-order valence-electron chi connectivity index (χ3n) is 6.30. The monoisotopic (exact) mass is 437 g/mol. The van der Waals surface area contributed by atoms with Crippen LogP contribution in [-0.4, -0.2) is 57.3 Å². The van der Waals surface area contributed by atoms with Crippen LogP contribution in [0.3, 0.4) is 0 Å². The number of piperidine rings is 1. The van der Waals surface area contributed by atoms with E-state index in [-0.39, 0.29) is 5.91 Å². The van der Waals surface area contributed by atoms with Gasteiger partial charge in [0.25, 0.3) is 11.8 Å². The maximum Gasteiger partial charge on any atom is 0.258 e. The van der Waals surface area contributed by atoms with Crippen LogP contribution < -0.4 is 0 Å². The number of ether oxygens (including phenoxy) is 1. The molecular formula is C24H31N5O3. The molecule has 1 aliphatic rings. The van der Waals surface area contributed by atoms with Crippen molar-refractivity contribution in [1.29, 1.82) is 0 Å². The molecule has 3 aromatic heterocycles. The molecule has 0 bridgehead atoms. The molecule has 4 heterocycles. The van der Waals surface area contributed by atoms with Gasteiger partial charge in [0.1, 0.15) is 0 Å². The largest absolute Gasteiger partial charge is 0.383 e. The maximum atomic E-state index is 13.3. The molecule has 0 aromatic carbocycles. The molecule has 0 saturated carbocycles. The summed E-state index contributed by atoms with van der Waals surface area (Å²) in [6.45, 7) is 7.05. The van der Waals surface area contributed by atoms with Gasteiger partial charge >= 0.3 is 0 Å². The average Bonchev–Trinajstić information content (AvgIpc) is 3.41. The standard InChI is InChI=1S/C24H31N5O3/c1-17-15-21(18(2)29(17)13-14-31-3)24(30)28-12-4-5-19(16-28)6-7-22-26-23(32-27-22)20-8-10-25-11-9-20/h8-11,15,19H,4-7,12-14,16H2,1-3H3. The zero-order valence-electron chi connectivity index (χ0n) is 19.1. The van der Waals surface area contributed by atoms with Crippen molar-refractivity contribution in [2.24, 2.45) is 5.92 Å². The van der Waals surface area contributed by atoms with Crippen LogP contribution in [0.2, 0.25) is 0 Å². The van der Waals surface area contributed by atoms with Crippen LogP contribution in [0.5, 0.6) is 0 Å². The van der Waals surface area contributed by atoms with Crippen molar-refractivity contribution in [1.82, 2.24) is 24.6 Å². The number of nitrogens with zero attached hydrogens (tertiary/aromatic N) is 5. The van der Waals surface area contributed by atoms with Gasteiger partial charge in [-0.05, 0) is 57.2 Å². The van der Waals surface area contributed by atoms with Crippen LogP contribution in [0.1, 0.15) is 46.8 Å². The van der Waals surface area contributed by atoms with E-state index in [1.54, 1.807) is 19.5 Å². The van der Waals surface area contributed by atoms with E-state index in [2.05, 4.69) is 19.7 Å². The van der Waals surface area contributed by atoms with Gasteiger partial charge in [0.2, 0.25) is 0 Å². The predicted octanol–water partition coefficient (Wildman–Crippen LogP) is 3.68. The highest BCUT2D eigenvalue weighted by Crippen LogP contribution is 2.25. The number of carbonyl (C=O) groups excluding carboxylic acids is 1. The van der Waals surface area contributed by atoms with Crippen LogP contribution in [-0.2, 0) is 17.7 Å². The summed E-state index contributed by atoms with van der Waals surface area (Å²) in [5.41, 5.74) is 3.79. The lowest BCUT2D eigenvalue weighted by molar-refractivity contribution is 0.0667. The topological polar surface area (TPSA) is 86.3 Å². The molecular weight excluding hydrogens is 406 g/mol. The van der Waals surface area contributed by atoms with E-state index in [1.807, 2.05) is 36.9 Å². The molecule has 0 N–H and O–H groups in total. The van der Waals surface area contributed by atoms with E-state index in [1.165, 1.54) is 0 Å². The fraction of sp³-hybridized carbons (Fsp3) is 0.500. The summed E-state index contributed by atoms with van der Waals surface area (Å²) in [4.78, 5) is 23.8. The Balaban J connectivity index is 1.36. The van der Waals surface area contributed by atoms with Crippen LogP contribution in [0.15, 0.2) is 35.1 Å². The lowest BCUT2D eigenvalue weighted by Crippen LogP contribution is -2.40. The van der Waals surface area contributed by atoms with E-state index in [0.717, 1.165) is 67.8 Å². The number of hydrogen-bond acceptors (Lipinski definition) is 6. The maximum absolute atomic E-state index is 13.3. The smallest absolute Gasteiger partial charge is 0.258 e. The fourth-order valence-corrected chi connectivity index (χ4v) is 4.50. The highest BCUT2D eigenvalue weighted by atomic mass is 16.5. The van der Waals surface area contributed by atoms with E-state index < -0.39 is 0 Å². The molecule has 1 atom stereocenters. The lowest BCUT2D eigenvalue weighted by atomic mass is 9.93. The first kappa shape index (κ1) is 22.2. The summed E-state index contributed by atoms with van der Waals surface area (Å²) in [7, 11) is 1.70. The Morgan fingerprint density at radius 3 is 2.88 bits per heavy atom. The molecule has 8 heteroatoms. The summed E-state index contributed by atoms with van der Waals surface area (Å²) >= 11 is 0. The Morgan fingerprint density at radius 2 is 2.09 bits per heavy atom. The third kappa shape index (κ3) is 4.91. The Bertz CT molecular complexity index is 1040. The molecule has 1 saturated heterocycles. The first-order chi connectivity index (χ1) is 15.6. The number of aromatic nitrogens is 4. The van der Waals surface area contributed by atoms with Crippen molar-refractivity contribution >= 4 is 5.91 Å². The van der Waals surface area contributed by atoms with Crippen LogP contribution in [0, 0.1) is 19.8 Å². The molecule has 1 fully saturated rings. The fourth-order valence-electron chi connectivity index (χ4n) is 4.50. The van der Waals surface area contributed by atoms with Gasteiger partial charge in [-0.3, -0.25) is 9.78 Å². The molecule has 170 valence electrons. The Kier molecular flexibility index (Phi) is 6.99. The van der Waals surface area contributed by atoms with Gasteiger partial charge in [-0.15, -0.1) is 0 Å². The van der Waals surface area contributed by atoms with Crippen molar-refractivity contribution in [2.75, 3.05) is 26.8 Å². The summed E-state index contributed by atoms with van der Waals surface area (Å²) < 4.78 is 12.8. The number of rotatable bonds is 8. The van der Waals surface area contributed by atoms with Crippen LogP contribution in [0.25, 0.3) is 11.5 Å². The van der Waals surface area contributed by atoms with Crippen LogP contribution in [0.4, 0.5) is 0 Å². The average molecular weight is 438 g/mol. The Labute approximate surface area is 188 Å². The molecule has 4 rings (SSSR count). The van der Waals surface area contributed by atoms with Gasteiger partial charge in [0, 0.05) is 62.5 Å². The minimum Gasteiger partial charge on any atom is -0.383 e. The highest BCUT2D eigenvalue weighted by Gasteiger charge is 2.27. The van der Waals surface area contributed by atoms with E-state index >= 15 is 0 Å². The molecule has 0 radical (unpaired) electrons. The van der Waals surface area contributed by atoms with Gasteiger partial charge in [0.15, 0.2) is 5.82 Å². The van der Waals surface area contributed by atoms with E-state index in [0.29, 0.717) is 24.2 Å². The van der Waals surface area contributed by atoms with Gasteiger partial charge < -0.3 is 18.7 Å². The quantitative estimate of drug-likeness (QED) is 0.534. The highest BCUT2D eigenvalue weighted by molar-refractivity contribution is 5.95.